The van der Waals surface area contributed by atoms with Crippen LogP contribution >= 0.6 is 0 Å². The van der Waals surface area contributed by atoms with E-state index < -0.39 is 0 Å². The molecule has 0 aliphatic carbocycles. The molecule has 94 valence electrons. The molecule has 0 amide bonds. The number of anilines is 1. The van der Waals surface area contributed by atoms with Gasteiger partial charge in [0, 0.05) is 24.4 Å². The second-order valence-electron chi connectivity index (χ2n) is 3.79. The lowest BCUT2D eigenvalue weighted by molar-refractivity contribution is 0.276. The molecule has 0 aliphatic rings. The smallest absolute Gasteiger partial charge is 0.225 e. The van der Waals surface area contributed by atoms with Crippen molar-refractivity contribution in [2.75, 3.05) is 12.4 Å². The van der Waals surface area contributed by atoms with Crippen LogP contribution in [0, 0.1) is 6.92 Å². The van der Waals surface area contributed by atoms with Gasteiger partial charge in [-0.3, -0.25) is 0 Å². The molecule has 0 radical (unpaired) electrons. The highest BCUT2D eigenvalue weighted by atomic mass is 16.5. The zero-order valence-electron chi connectivity index (χ0n) is 10.3. The summed E-state index contributed by atoms with van der Waals surface area (Å²) in [5.74, 6) is 1.55. The van der Waals surface area contributed by atoms with Crippen molar-refractivity contribution in [3.63, 3.8) is 0 Å². The molecule has 0 atom stereocenters. The number of hydrogen-bond acceptors (Lipinski definition) is 5. The Balaban J connectivity index is 2.30. The van der Waals surface area contributed by atoms with Gasteiger partial charge in [-0.15, -0.1) is 0 Å². The van der Waals surface area contributed by atoms with E-state index in [-0.39, 0.29) is 6.61 Å². The number of aliphatic hydroxyl groups is 1. The van der Waals surface area contributed by atoms with E-state index in [2.05, 4.69) is 15.3 Å². The molecule has 0 bridgehead atoms. The minimum absolute atomic E-state index is 0.0703. The molecule has 0 unspecified atom stereocenters. The van der Waals surface area contributed by atoms with Gasteiger partial charge in [0.05, 0.1) is 6.61 Å². The van der Waals surface area contributed by atoms with Crippen molar-refractivity contribution in [3.05, 3.63) is 41.6 Å². The molecule has 2 N–H and O–H groups in total. The summed E-state index contributed by atoms with van der Waals surface area (Å²) in [6.45, 7) is 1.80. The van der Waals surface area contributed by atoms with E-state index in [4.69, 9.17) is 4.74 Å². The third-order valence-electron chi connectivity index (χ3n) is 2.41. The summed E-state index contributed by atoms with van der Waals surface area (Å²) < 4.78 is 5.67. The average molecular weight is 245 g/mol. The summed E-state index contributed by atoms with van der Waals surface area (Å²) in [5.41, 5.74) is 1.53. The Hall–Kier alpha value is -2.14. The first-order valence-electron chi connectivity index (χ1n) is 5.63. The Morgan fingerprint density at radius 3 is 2.78 bits per heavy atom. The van der Waals surface area contributed by atoms with Crippen LogP contribution in [0.4, 0.5) is 5.95 Å². The van der Waals surface area contributed by atoms with Crippen molar-refractivity contribution in [2.24, 2.45) is 0 Å². The maximum absolute atomic E-state index is 9.23. The Labute approximate surface area is 105 Å². The van der Waals surface area contributed by atoms with Crippen LogP contribution in [0.25, 0.3) is 0 Å². The van der Waals surface area contributed by atoms with Crippen molar-refractivity contribution in [2.45, 2.75) is 13.5 Å². The minimum Gasteiger partial charge on any atom is -0.438 e. The molecule has 1 aromatic heterocycles. The zero-order chi connectivity index (χ0) is 13.0. The van der Waals surface area contributed by atoms with Gasteiger partial charge in [-0.1, -0.05) is 18.2 Å². The van der Waals surface area contributed by atoms with Crippen molar-refractivity contribution in [1.29, 1.82) is 0 Å². The molecule has 0 saturated heterocycles. The predicted molar refractivity (Wildman–Crippen MR) is 68.8 cm³/mol. The second kappa shape index (κ2) is 5.46. The molecule has 0 aliphatic heterocycles. The fraction of sp³-hybridized carbons (Fsp3) is 0.231. The van der Waals surface area contributed by atoms with Crippen LogP contribution in [0.15, 0.2) is 30.3 Å². The highest BCUT2D eigenvalue weighted by Crippen LogP contribution is 2.24. The molecule has 5 nitrogen and oxygen atoms in total. The summed E-state index contributed by atoms with van der Waals surface area (Å²) >= 11 is 0. The van der Waals surface area contributed by atoms with Gasteiger partial charge in [-0.2, -0.15) is 4.98 Å². The molecule has 2 rings (SSSR count). The summed E-state index contributed by atoms with van der Waals surface area (Å²) in [4.78, 5) is 8.38. The van der Waals surface area contributed by atoms with E-state index in [0.717, 1.165) is 11.3 Å². The van der Waals surface area contributed by atoms with Crippen molar-refractivity contribution in [3.8, 4) is 11.6 Å². The standard InChI is InChI=1S/C13H15N3O2/c1-9-7-12(16-13(14-2)15-9)18-11-6-4-3-5-10(11)8-17/h3-7,17H,8H2,1-2H3,(H,14,15,16). The van der Waals surface area contributed by atoms with Crippen LogP contribution < -0.4 is 10.1 Å². The highest BCUT2D eigenvalue weighted by Gasteiger charge is 2.06. The van der Waals surface area contributed by atoms with E-state index in [1.54, 1.807) is 19.2 Å². The second-order valence-corrected chi connectivity index (χ2v) is 3.79. The van der Waals surface area contributed by atoms with Gasteiger partial charge < -0.3 is 15.2 Å². The highest BCUT2D eigenvalue weighted by molar-refractivity contribution is 5.37. The van der Waals surface area contributed by atoms with Crippen LogP contribution in [-0.2, 0) is 6.61 Å². The Morgan fingerprint density at radius 2 is 2.06 bits per heavy atom. The van der Waals surface area contributed by atoms with E-state index in [1.807, 2.05) is 25.1 Å². The van der Waals surface area contributed by atoms with E-state index >= 15 is 0 Å². The number of ether oxygens (including phenoxy) is 1. The number of aryl methyl sites for hydroxylation is 1. The van der Waals surface area contributed by atoms with Crippen molar-refractivity contribution < 1.29 is 9.84 Å². The summed E-state index contributed by atoms with van der Waals surface area (Å²) in [7, 11) is 1.75. The molecule has 1 aromatic carbocycles. The monoisotopic (exact) mass is 245 g/mol. The van der Waals surface area contributed by atoms with Gasteiger partial charge in [-0.05, 0) is 13.0 Å². The van der Waals surface area contributed by atoms with Crippen LogP contribution in [-0.4, -0.2) is 22.1 Å². The van der Waals surface area contributed by atoms with Gasteiger partial charge in [0.1, 0.15) is 5.75 Å². The van der Waals surface area contributed by atoms with Crippen LogP contribution in [0.2, 0.25) is 0 Å². The number of nitrogens with zero attached hydrogens (tertiary/aromatic N) is 2. The molecule has 18 heavy (non-hydrogen) atoms. The SMILES string of the molecule is CNc1nc(C)cc(Oc2ccccc2CO)n1. The van der Waals surface area contributed by atoms with E-state index in [9.17, 15) is 5.11 Å². The van der Waals surface area contributed by atoms with Gasteiger partial charge in [0.2, 0.25) is 11.8 Å². The molecular formula is C13H15N3O2. The van der Waals surface area contributed by atoms with Gasteiger partial charge in [-0.25, -0.2) is 4.98 Å². The molecule has 0 spiro atoms. The van der Waals surface area contributed by atoms with Gasteiger partial charge in [0.25, 0.3) is 0 Å². The number of aromatic nitrogens is 2. The number of nitrogens with one attached hydrogen (secondary N) is 1. The molecule has 0 fully saturated rings. The lowest BCUT2D eigenvalue weighted by Crippen LogP contribution is -2.00. The maximum Gasteiger partial charge on any atom is 0.225 e. The van der Waals surface area contributed by atoms with E-state index in [1.165, 1.54) is 0 Å². The summed E-state index contributed by atoms with van der Waals surface area (Å²) in [6, 6.07) is 9.05. The number of rotatable bonds is 4. The van der Waals surface area contributed by atoms with Crippen molar-refractivity contribution in [1.82, 2.24) is 9.97 Å². The minimum atomic E-state index is -0.0703. The lowest BCUT2D eigenvalue weighted by atomic mass is 10.2. The number of para-hydroxylation sites is 1. The molecule has 5 heteroatoms. The first-order valence-corrected chi connectivity index (χ1v) is 5.63. The molecule has 1 heterocycles. The number of benzene rings is 1. The Morgan fingerprint density at radius 1 is 1.28 bits per heavy atom. The van der Waals surface area contributed by atoms with Gasteiger partial charge in [0.15, 0.2) is 0 Å². The average Bonchev–Trinajstić information content (AvgIpc) is 2.38. The Kier molecular flexibility index (Phi) is 3.74. The molecular weight excluding hydrogens is 230 g/mol. The normalized spacial score (nSPS) is 10.2. The molecule has 0 saturated carbocycles. The fourth-order valence-corrected chi connectivity index (χ4v) is 1.55. The molecule has 2 aromatic rings. The third-order valence-corrected chi connectivity index (χ3v) is 2.41. The van der Waals surface area contributed by atoms with Crippen molar-refractivity contribution >= 4 is 5.95 Å². The number of aliphatic hydroxyl groups excluding tert-OH is 1. The maximum atomic E-state index is 9.23. The quantitative estimate of drug-likeness (QED) is 0.863. The third kappa shape index (κ3) is 2.75. The largest absolute Gasteiger partial charge is 0.438 e. The predicted octanol–water partition coefficient (Wildman–Crippen LogP) is 2.11. The summed E-state index contributed by atoms with van der Waals surface area (Å²) in [6.07, 6.45) is 0. The van der Waals surface area contributed by atoms with Crippen LogP contribution in [0.5, 0.6) is 11.6 Å². The first kappa shape index (κ1) is 12.3. The summed E-state index contributed by atoms with van der Waals surface area (Å²) in [5, 5.41) is 12.1. The van der Waals surface area contributed by atoms with E-state index in [0.29, 0.717) is 17.6 Å². The fourth-order valence-electron chi connectivity index (χ4n) is 1.55. The van der Waals surface area contributed by atoms with Crippen LogP contribution in [0.3, 0.4) is 0 Å². The Bertz CT molecular complexity index is 544. The van der Waals surface area contributed by atoms with Crippen LogP contribution in [0.1, 0.15) is 11.3 Å². The first-order chi connectivity index (χ1) is 8.72. The number of hydrogen-bond donors (Lipinski definition) is 2. The topological polar surface area (TPSA) is 67.3 Å². The zero-order valence-corrected chi connectivity index (χ0v) is 10.3. The van der Waals surface area contributed by atoms with Gasteiger partial charge >= 0.3 is 0 Å². The lowest BCUT2D eigenvalue weighted by Gasteiger charge is -2.10.